The van der Waals surface area contributed by atoms with Gasteiger partial charge in [0.1, 0.15) is 5.82 Å². The van der Waals surface area contributed by atoms with Gasteiger partial charge in [0.2, 0.25) is 0 Å². The fourth-order valence-corrected chi connectivity index (χ4v) is 2.51. The van der Waals surface area contributed by atoms with Crippen LogP contribution >= 0.6 is 12.4 Å². The number of nitrogens with zero attached hydrogens (tertiary/aromatic N) is 4. The summed E-state index contributed by atoms with van der Waals surface area (Å²) in [4.78, 5) is 6.73. The van der Waals surface area contributed by atoms with Crippen LogP contribution in [0.5, 0.6) is 0 Å². The van der Waals surface area contributed by atoms with Gasteiger partial charge >= 0.3 is 0 Å². The summed E-state index contributed by atoms with van der Waals surface area (Å²) in [5, 5.41) is 4.62. The Balaban J connectivity index is 0.00000147. The second kappa shape index (κ2) is 5.81. The monoisotopic (exact) mass is 293 g/mol. The zero-order valence-corrected chi connectivity index (χ0v) is 12.6. The van der Waals surface area contributed by atoms with E-state index in [9.17, 15) is 0 Å². The van der Waals surface area contributed by atoms with E-state index in [1.165, 1.54) is 0 Å². The van der Waals surface area contributed by atoms with Crippen molar-refractivity contribution >= 4 is 18.2 Å². The van der Waals surface area contributed by atoms with E-state index < -0.39 is 0 Å². The van der Waals surface area contributed by atoms with Crippen LogP contribution in [0.25, 0.3) is 5.82 Å². The van der Waals surface area contributed by atoms with E-state index in [1.807, 2.05) is 18.2 Å². The van der Waals surface area contributed by atoms with Gasteiger partial charge in [-0.1, -0.05) is 6.07 Å². The van der Waals surface area contributed by atoms with Crippen molar-refractivity contribution in [2.24, 2.45) is 0 Å². The molecule has 0 aliphatic carbocycles. The van der Waals surface area contributed by atoms with E-state index in [0.717, 1.165) is 42.4 Å². The summed E-state index contributed by atoms with van der Waals surface area (Å²) in [6.45, 7) is 6.35. The molecule has 20 heavy (non-hydrogen) atoms. The van der Waals surface area contributed by atoms with Crippen molar-refractivity contribution in [3.63, 3.8) is 0 Å². The van der Waals surface area contributed by atoms with E-state index in [0.29, 0.717) is 6.04 Å². The van der Waals surface area contributed by atoms with Gasteiger partial charge in [-0.05, 0) is 26.0 Å². The molecule has 1 aliphatic rings. The van der Waals surface area contributed by atoms with Crippen LogP contribution in [-0.2, 0) is 13.0 Å². The zero-order chi connectivity index (χ0) is 13.4. The number of hydrogen-bond donors (Lipinski definition) is 1. The number of nitrogen functional groups attached to an aromatic ring is 1. The lowest BCUT2D eigenvalue weighted by Gasteiger charge is -2.29. The van der Waals surface area contributed by atoms with Gasteiger partial charge in [0, 0.05) is 37.3 Å². The van der Waals surface area contributed by atoms with E-state index >= 15 is 0 Å². The third kappa shape index (κ3) is 2.51. The first-order valence-corrected chi connectivity index (χ1v) is 6.68. The van der Waals surface area contributed by atoms with Crippen LogP contribution in [0, 0.1) is 0 Å². The highest BCUT2D eigenvalue weighted by molar-refractivity contribution is 5.85. The molecule has 2 N–H and O–H groups in total. The van der Waals surface area contributed by atoms with Gasteiger partial charge in [0.25, 0.3) is 0 Å². The molecule has 5 nitrogen and oxygen atoms in total. The number of anilines is 1. The Labute approximate surface area is 125 Å². The molecule has 0 unspecified atom stereocenters. The molecule has 6 heteroatoms. The smallest absolute Gasteiger partial charge is 0.155 e. The van der Waals surface area contributed by atoms with Gasteiger partial charge in [-0.2, -0.15) is 9.78 Å². The number of rotatable bonds is 2. The first-order valence-electron chi connectivity index (χ1n) is 6.68. The van der Waals surface area contributed by atoms with Crippen LogP contribution in [0.1, 0.15) is 25.1 Å². The Kier molecular flexibility index (Phi) is 4.30. The highest BCUT2D eigenvalue weighted by Gasteiger charge is 2.25. The number of hydrogen-bond acceptors (Lipinski definition) is 4. The maximum Gasteiger partial charge on any atom is 0.155 e. The van der Waals surface area contributed by atoms with E-state index in [2.05, 4.69) is 28.8 Å². The molecule has 0 saturated heterocycles. The predicted molar refractivity (Wildman–Crippen MR) is 82.3 cm³/mol. The number of nitrogens with two attached hydrogens (primary N) is 1. The van der Waals surface area contributed by atoms with Crippen LogP contribution in [-0.4, -0.2) is 32.3 Å². The van der Waals surface area contributed by atoms with Crippen LogP contribution in [0.4, 0.5) is 5.82 Å². The summed E-state index contributed by atoms with van der Waals surface area (Å²) in [5.74, 6) is 1.50. The maximum atomic E-state index is 6.25. The number of pyridine rings is 1. The Bertz CT molecular complexity index is 579. The molecule has 0 spiro atoms. The molecule has 3 heterocycles. The summed E-state index contributed by atoms with van der Waals surface area (Å²) in [6.07, 6.45) is 2.72. The van der Waals surface area contributed by atoms with Crippen molar-refractivity contribution in [3.05, 3.63) is 35.7 Å². The summed E-state index contributed by atoms with van der Waals surface area (Å²) < 4.78 is 1.76. The largest absolute Gasteiger partial charge is 0.383 e. The molecule has 0 radical (unpaired) electrons. The molecular weight excluding hydrogens is 274 g/mol. The molecule has 0 saturated carbocycles. The van der Waals surface area contributed by atoms with Gasteiger partial charge in [-0.3, -0.25) is 4.90 Å². The molecule has 0 bridgehead atoms. The Morgan fingerprint density at radius 3 is 2.75 bits per heavy atom. The summed E-state index contributed by atoms with van der Waals surface area (Å²) in [7, 11) is 0. The van der Waals surface area contributed by atoms with Crippen LogP contribution < -0.4 is 5.73 Å². The molecule has 2 aromatic rings. The van der Waals surface area contributed by atoms with Crippen LogP contribution in [0.3, 0.4) is 0 Å². The minimum Gasteiger partial charge on any atom is -0.383 e. The van der Waals surface area contributed by atoms with Crippen molar-refractivity contribution in [1.29, 1.82) is 0 Å². The fraction of sp³-hybridized carbons (Fsp3) is 0.429. The highest BCUT2D eigenvalue weighted by Crippen LogP contribution is 2.26. The number of aromatic nitrogens is 3. The number of halogens is 1. The Morgan fingerprint density at radius 2 is 2.10 bits per heavy atom. The van der Waals surface area contributed by atoms with Gasteiger partial charge in [0.15, 0.2) is 5.82 Å². The van der Waals surface area contributed by atoms with Crippen molar-refractivity contribution in [3.8, 4) is 5.82 Å². The fourth-order valence-electron chi connectivity index (χ4n) is 2.51. The third-order valence-electron chi connectivity index (χ3n) is 3.70. The van der Waals surface area contributed by atoms with E-state index in [1.54, 1.807) is 10.9 Å². The summed E-state index contributed by atoms with van der Waals surface area (Å²) in [5.41, 5.74) is 8.52. The second-order valence-corrected chi connectivity index (χ2v) is 5.22. The minimum absolute atomic E-state index is 0. The van der Waals surface area contributed by atoms with Crippen molar-refractivity contribution in [2.45, 2.75) is 32.9 Å². The molecule has 2 aromatic heterocycles. The molecule has 108 valence electrons. The molecule has 0 aromatic carbocycles. The summed E-state index contributed by atoms with van der Waals surface area (Å²) in [6, 6.07) is 6.30. The van der Waals surface area contributed by atoms with Gasteiger partial charge in [0.05, 0.1) is 5.69 Å². The lowest BCUT2D eigenvalue weighted by atomic mass is 10.1. The normalized spacial score (nSPS) is 14.9. The second-order valence-electron chi connectivity index (χ2n) is 5.22. The first-order chi connectivity index (χ1) is 9.16. The first kappa shape index (κ1) is 14.8. The minimum atomic E-state index is 0. The van der Waals surface area contributed by atoms with Crippen LogP contribution in [0.15, 0.2) is 24.4 Å². The van der Waals surface area contributed by atoms with Crippen LogP contribution in [0.2, 0.25) is 0 Å². The quantitative estimate of drug-likeness (QED) is 0.920. The average molecular weight is 294 g/mol. The maximum absolute atomic E-state index is 6.25. The van der Waals surface area contributed by atoms with Gasteiger partial charge in [-0.25, -0.2) is 4.98 Å². The Hall–Kier alpha value is -1.59. The predicted octanol–water partition coefficient (Wildman–Crippen LogP) is 2.04. The van der Waals surface area contributed by atoms with Crippen molar-refractivity contribution in [2.75, 3.05) is 12.3 Å². The van der Waals surface area contributed by atoms with Gasteiger partial charge in [-0.15, -0.1) is 12.4 Å². The summed E-state index contributed by atoms with van der Waals surface area (Å²) >= 11 is 0. The zero-order valence-electron chi connectivity index (χ0n) is 11.8. The average Bonchev–Trinajstić information content (AvgIpc) is 2.77. The SMILES string of the molecule is CC(C)N1CCc2nn(-c3ccccn3)c(N)c2C1.Cl. The molecule has 0 fully saturated rings. The van der Waals surface area contributed by atoms with Gasteiger partial charge < -0.3 is 5.73 Å². The molecule has 3 rings (SSSR count). The third-order valence-corrected chi connectivity index (χ3v) is 3.70. The van der Waals surface area contributed by atoms with Crippen molar-refractivity contribution < 1.29 is 0 Å². The lowest BCUT2D eigenvalue weighted by Crippen LogP contribution is -2.35. The number of fused-ring (bicyclic) bond motifs is 1. The molecule has 0 amide bonds. The standard InChI is InChI=1S/C14H19N5.ClH/c1-10(2)18-8-6-12-11(9-18)14(15)19(17-12)13-5-3-4-7-16-13;/h3-5,7,10H,6,8-9,15H2,1-2H3;1H. The lowest BCUT2D eigenvalue weighted by molar-refractivity contribution is 0.203. The highest BCUT2D eigenvalue weighted by atomic mass is 35.5. The van der Waals surface area contributed by atoms with Crippen molar-refractivity contribution in [1.82, 2.24) is 19.7 Å². The van der Waals surface area contributed by atoms with E-state index in [4.69, 9.17) is 5.73 Å². The Morgan fingerprint density at radius 1 is 1.30 bits per heavy atom. The molecule has 0 atom stereocenters. The molecule has 1 aliphatic heterocycles. The topological polar surface area (TPSA) is 60.0 Å². The van der Waals surface area contributed by atoms with E-state index in [-0.39, 0.29) is 12.4 Å². The molecular formula is C14H20ClN5.